The van der Waals surface area contributed by atoms with E-state index < -0.39 is 0 Å². The first-order valence-corrected chi connectivity index (χ1v) is 7.58. The van der Waals surface area contributed by atoms with Crippen LogP contribution >= 0.6 is 0 Å². The van der Waals surface area contributed by atoms with Crippen molar-refractivity contribution in [1.82, 2.24) is 5.32 Å². The summed E-state index contributed by atoms with van der Waals surface area (Å²) in [6.45, 7) is 5.20. The number of nitrogens with one attached hydrogen (secondary N) is 1. The van der Waals surface area contributed by atoms with Gasteiger partial charge in [-0.1, -0.05) is 38.1 Å². The molecule has 0 unspecified atom stereocenters. The Morgan fingerprint density at radius 1 is 1.24 bits per heavy atom. The smallest absolute Gasteiger partial charge is 0.253 e. The van der Waals surface area contributed by atoms with Crippen LogP contribution < -0.4 is 11.1 Å². The third kappa shape index (κ3) is 2.60. The summed E-state index contributed by atoms with van der Waals surface area (Å²) in [6.07, 6.45) is 2.41. The van der Waals surface area contributed by atoms with Crippen LogP contribution in [0.4, 0.5) is 5.69 Å². The van der Waals surface area contributed by atoms with Crippen LogP contribution in [-0.2, 0) is 0 Å². The van der Waals surface area contributed by atoms with Crippen molar-refractivity contribution in [3.05, 3.63) is 42.0 Å². The summed E-state index contributed by atoms with van der Waals surface area (Å²) in [7, 11) is 0. The number of carbonyl (C=O) groups excluding carboxylic acids is 1. The molecule has 0 radical (unpaired) electrons. The maximum atomic E-state index is 12.4. The zero-order valence-corrected chi connectivity index (χ0v) is 12.6. The number of amides is 1. The number of rotatable bonds is 4. The van der Waals surface area contributed by atoms with Crippen molar-refractivity contribution in [2.45, 2.75) is 26.7 Å². The third-order valence-corrected chi connectivity index (χ3v) is 4.88. The van der Waals surface area contributed by atoms with Gasteiger partial charge in [-0.25, -0.2) is 0 Å². The van der Waals surface area contributed by atoms with Crippen LogP contribution in [-0.4, -0.2) is 12.5 Å². The highest BCUT2D eigenvalue weighted by atomic mass is 16.1. The molecule has 1 fully saturated rings. The van der Waals surface area contributed by atoms with Gasteiger partial charge in [0.25, 0.3) is 5.91 Å². The predicted molar refractivity (Wildman–Crippen MR) is 87.2 cm³/mol. The number of hydrogen-bond acceptors (Lipinski definition) is 2. The molecule has 0 atom stereocenters. The normalized spacial score (nSPS) is 16.1. The fourth-order valence-electron chi connectivity index (χ4n) is 2.92. The quantitative estimate of drug-likeness (QED) is 0.842. The van der Waals surface area contributed by atoms with Crippen molar-refractivity contribution in [2.75, 3.05) is 12.3 Å². The molecular weight excluding hydrogens is 260 g/mol. The van der Waals surface area contributed by atoms with Gasteiger partial charge in [0.05, 0.1) is 5.56 Å². The predicted octanol–water partition coefficient (Wildman–Crippen LogP) is 3.59. The fourth-order valence-corrected chi connectivity index (χ4v) is 2.92. The molecule has 2 aromatic carbocycles. The maximum absolute atomic E-state index is 12.4. The third-order valence-electron chi connectivity index (χ3n) is 4.88. The van der Waals surface area contributed by atoms with E-state index in [1.54, 1.807) is 0 Å². The van der Waals surface area contributed by atoms with E-state index in [0.29, 0.717) is 22.6 Å². The Labute approximate surface area is 125 Å². The van der Waals surface area contributed by atoms with Gasteiger partial charge < -0.3 is 11.1 Å². The van der Waals surface area contributed by atoms with Gasteiger partial charge in [0, 0.05) is 12.2 Å². The van der Waals surface area contributed by atoms with E-state index in [4.69, 9.17) is 5.73 Å². The van der Waals surface area contributed by atoms with Crippen LogP contribution in [0.1, 0.15) is 37.0 Å². The average molecular weight is 282 g/mol. The molecule has 1 aliphatic rings. The molecule has 0 saturated heterocycles. The topological polar surface area (TPSA) is 55.1 Å². The van der Waals surface area contributed by atoms with E-state index in [-0.39, 0.29) is 5.91 Å². The lowest BCUT2D eigenvalue weighted by molar-refractivity contribution is 0.0941. The van der Waals surface area contributed by atoms with Crippen molar-refractivity contribution in [3.63, 3.8) is 0 Å². The highest BCUT2D eigenvalue weighted by Gasteiger charge is 2.45. The van der Waals surface area contributed by atoms with Gasteiger partial charge in [0.1, 0.15) is 0 Å². The van der Waals surface area contributed by atoms with E-state index in [9.17, 15) is 4.79 Å². The Hall–Kier alpha value is -2.03. The van der Waals surface area contributed by atoms with Crippen LogP contribution in [0.15, 0.2) is 36.4 Å². The fraction of sp³-hybridized carbons (Fsp3) is 0.389. The highest BCUT2D eigenvalue weighted by Crippen LogP contribution is 2.51. The molecule has 1 aliphatic carbocycles. The van der Waals surface area contributed by atoms with Crippen LogP contribution in [0, 0.1) is 11.3 Å². The van der Waals surface area contributed by atoms with Crippen LogP contribution in [0.3, 0.4) is 0 Å². The molecule has 0 bridgehead atoms. The number of hydrogen-bond donors (Lipinski definition) is 2. The van der Waals surface area contributed by atoms with Crippen molar-refractivity contribution in [2.24, 2.45) is 11.3 Å². The standard InChI is InChI=1S/C18H22N2O/c1-12(2)18(7-8-18)11-20-17(21)15-9-13-5-3-4-6-14(13)10-16(15)19/h3-6,9-10,12H,7-8,11,19H2,1-2H3,(H,20,21). The average Bonchev–Trinajstić information content (AvgIpc) is 3.25. The molecule has 2 aromatic rings. The van der Waals surface area contributed by atoms with Crippen LogP contribution in [0.25, 0.3) is 10.8 Å². The van der Waals surface area contributed by atoms with Gasteiger partial charge in [-0.3, -0.25) is 4.79 Å². The van der Waals surface area contributed by atoms with Gasteiger partial charge >= 0.3 is 0 Å². The molecule has 3 nitrogen and oxygen atoms in total. The summed E-state index contributed by atoms with van der Waals surface area (Å²) in [4.78, 5) is 12.4. The summed E-state index contributed by atoms with van der Waals surface area (Å²) in [6, 6.07) is 11.7. The second-order valence-corrected chi connectivity index (χ2v) is 6.49. The SMILES string of the molecule is CC(C)C1(CNC(=O)c2cc3ccccc3cc2N)CC1. The first-order valence-electron chi connectivity index (χ1n) is 7.58. The van der Waals surface area contributed by atoms with Crippen LogP contribution in [0.2, 0.25) is 0 Å². The van der Waals surface area contributed by atoms with Crippen LogP contribution in [0.5, 0.6) is 0 Å². The largest absolute Gasteiger partial charge is 0.398 e. The number of fused-ring (bicyclic) bond motifs is 1. The molecule has 3 heteroatoms. The van der Waals surface area contributed by atoms with Crippen molar-refractivity contribution in [1.29, 1.82) is 0 Å². The molecule has 3 rings (SSSR count). The Bertz CT molecular complexity index is 687. The summed E-state index contributed by atoms with van der Waals surface area (Å²) in [5.41, 5.74) is 7.47. The van der Waals surface area contributed by atoms with Crippen molar-refractivity contribution >= 4 is 22.4 Å². The molecule has 21 heavy (non-hydrogen) atoms. The van der Waals surface area contributed by atoms with E-state index in [1.807, 2.05) is 36.4 Å². The minimum absolute atomic E-state index is 0.0646. The number of nitrogens with two attached hydrogens (primary N) is 1. The van der Waals surface area contributed by atoms with E-state index in [1.165, 1.54) is 12.8 Å². The molecule has 0 heterocycles. The minimum atomic E-state index is -0.0646. The lowest BCUT2D eigenvalue weighted by Gasteiger charge is -2.20. The Kier molecular flexibility index (Phi) is 3.36. The number of benzene rings is 2. The zero-order chi connectivity index (χ0) is 15.0. The van der Waals surface area contributed by atoms with Crippen molar-refractivity contribution < 1.29 is 4.79 Å². The monoisotopic (exact) mass is 282 g/mol. The summed E-state index contributed by atoms with van der Waals surface area (Å²) in [5, 5.41) is 5.18. The van der Waals surface area contributed by atoms with Crippen molar-refractivity contribution in [3.8, 4) is 0 Å². The first kappa shape index (κ1) is 13.9. The maximum Gasteiger partial charge on any atom is 0.253 e. The number of nitrogen functional groups attached to an aromatic ring is 1. The van der Waals surface area contributed by atoms with E-state index in [0.717, 1.165) is 17.3 Å². The molecule has 110 valence electrons. The van der Waals surface area contributed by atoms with E-state index in [2.05, 4.69) is 19.2 Å². The molecule has 1 saturated carbocycles. The molecule has 1 amide bonds. The lowest BCUT2D eigenvalue weighted by Crippen LogP contribution is -2.33. The van der Waals surface area contributed by atoms with Gasteiger partial charge in [0.15, 0.2) is 0 Å². The molecule has 0 aliphatic heterocycles. The van der Waals surface area contributed by atoms with Gasteiger partial charge in [-0.2, -0.15) is 0 Å². The molecule has 0 aromatic heterocycles. The molecule has 3 N–H and O–H groups in total. The van der Waals surface area contributed by atoms with E-state index >= 15 is 0 Å². The van der Waals surface area contributed by atoms with Gasteiger partial charge in [0.2, 0.25) is 0 Å². The molecule has 0 spiro atoms. The minimum Gasteiger partial charge on any atom is -0.398 e. The van der Waals surface area contributed by atoms with Gasteiger partial charge in [-0.15, -0.1) is 0 Å². The zero-order valence-electron chi connectivity index (χ0n) is 12.6. The molecular formula is C18H22N2O. The highest BCUT2D eigenvalue weighted by molar-refractivity contribution is 6.03. The van der Waals surface area contributed by atoms with Gasteiger partial charge in [-0.05, 0) is 47.1 Å². The Balaban J connectivity index is 1.80. The number of carbonyl (C=O) groups is 1. The Morgan fingerprint density at radius 3 is 2.43 bits per heavy atom. The second kappa shape index (κ2) is 5.06. The first-order chi connectivity index (χ1) is 10.0. The summed E-state index contributed by atoms with van der Waals surface area (Å²) in [5.74, 6) is 0.539. The second-order valence-electron chi connectivity index (χ2n) is 6.49. The summed E-state index contributed by atoms with van der Waals surface area (Å²) >= 11 is 0. The number of anilines is 1. The summed E-state index contributed by atoms with van der Waals surface area (Å²) < 4.78 is 0. The lowest BCUT2D eigenvalue weighted by atomic mass is 9.92. The Morgan fingerprint density at radius 2 is 1.86 bits per heavy atom.